The fourth-order valence-electron chi connectivity index (χ4n) is 2.37. The van der Waals surface area contributed by atoms with Crippen molar-refractivity contribution in [1.29, 1.82) is 0 Å². The Morgan fingerprint density at radius 1 is 1.42 bits per heavy atom. The van der Waals surface area contributed by atoms with E-state index in [1.807, 2.05) is 0 Å². The van der Waals surface area contributed by atoms with E-state index in [-0.39, 0.29) is 27.0 Å². The lowest BCUT2D eigenvalue weighted by Crippen LogP contribution is -2.21. The van der Waals surface area contributed by atoms with Crippen molar-refractivity contribution in [1.82, 2.24) is 0 Å². The van der Waals surface area contributed by atoms with Gasteiger partial charge in [-0.1, -0.05) is 50.2 Å². The molecule has 0 saturated carbocycles. The highest BCUT2D eigenvalue weighted by Crippen LogP contribution is 2.30. The summed E-state index contributed by atoms with van der Waals surface area (Å²) < 4.78 is 1.56. The van der Waals surface area contributed by atoms with Crippen LogP contribution in [-0.4, -0.2) is 27.0 Å². The Bertz CT molecular complexity index is 99.1. The van der Waals surface area contributed by atoms with Crippen molar-refractivity contribution in [3.8, 4) is 0 Å². The van der Waals surface area contributed by atoms with Crippen LogP contribution in [-0.2, 0) is 0 Å². The van der Waals surface area contributed by atoms with Gasteiger partial charge in [0.25, 0.3) is 0 Å². The zero-order valence-corrected chi connectivity index (χ0v) is 12.3. The van der Waals surface area contributed by atoms with Gasteiger partial charge in [0.15, 0.2) is 0 Å². The average Bonchev–Trinajstić information content (AvgIpc) is 2.09. The van der Waals surface area contributed by atoms with Crippen LogP contribution in [0.15, 0.2) is 0 Å². The molecular formula is C9H19BrMgSi. The largest absolute Gasteiger partial charge is 0.468 e. The summed E-state index contributed by atoms with van der Waals surface area (Å²) in [5, 5.41) is 0. The SMILES string of the molecule is CCC[SiH]1CCC([CH2][Mg][Br])CC1. The Kier molecular flexibility index (Phi) is 6.59. The minimum Gasteiger partial charge on any atom is -0.307 e. The summed E-state index contributed by atoms with van der Waals surface area (Å²) in [6.07, 6.45) is 4.64. The summed E-state index contributed by atoms with van der Waals surface area (Å²) in [7, 11) is -0.190. The Balaban J connectivity index is 2.11. The molecule has 0 aliphatic carbocycles. The predicted octanol–water partition coefficient (Wildman–Crippen LogP) is 3.47. The monoisotopic (exact) mass is 258 g/mol. The molecule has 0 atom stereocenters. The minimum atomic E-state index is -0.190. The van der Waals surface area contributed by atoms with Crippen molar-refractivity contribution in [2.75, 3.05) is 0 Å². The highest BCUT2D eigenvalue weighted by atomic mass is 79.9. The molecule has 1 aliphatic heterocycles. The normalized spacial score (nSPS) is 29.8. The van der Waals surface area contributed by atoms with Crippen molar-refractivity contribution >= 4 is 39.9 Å². The summed E-state index contributed by atoms with van der Waals surface area (Å²) in [5.74, 6) is 1.14. The zero-order chi connectivity index (χ0) is 8.81. The highest BCUT2D eigenvalue weighted by Gasteiger charge is 2.20. The van der Waals surface area contributed by atoms with Crippen LogP contribution in [0.25, 0.3) is 0 Å². The Morgan fingerprint density at radius 3 is 2.58 bits per heavy atom. The third kappa shape index (κ3) is 4.12. The third-order valence-electron chi connectivity index (χ3n) is 3.18. The second kappa shape index (κ2) is 6.85. The molecule has 1 heterocycles. The van der Waals surface area contributed by atoms with Crippen LogP contribution in [0, 0.1) is 5.92 Å². The molecule has 3 heteroatoms. The quantitative estimate of drug-likeness (QED) is 0.678. The van der Waals surface area contributed by atoms with E-state index in [4.69, 9.17) is 0 Å². The lowest BCUT2D eigenvalue weighted by molar-refractivity contribution is 0.516. The van der Waals surface area contributed by atoms with Gasteiger partial charge in [0.05, 0.1) is 0 Å². The smallest absolute Gasteiger partial charge is 0.307 e. The van der Waals surface area contributed by atoms with Gasteiger partial charge in [-0.25, -0.2) is 0 Å². The van der Waals surface area contributed by atoms with Crippen LogP contribution in [0.4, 0.5) is 0 Å². The number of halogens is 1. The maximum absolute atomic E-state index is 3.68. The van der Waals surface area contributed by atoms with E-state index < -0.39 is 0 Å². The molecule has 1 fully saturated rings. The molecule has 68 valence electrons. The summed E-state index contributed by atoms with van der Waals surface area (Å²) in [6, 6.07) is 4.96. The van der Waals surface area contributed by atoms with E-state index in [1.165, 1.54) is 6.42 Å². The zero-order valence-electron chi connectivity index (χ0n) is 8.19. The Morgan fingerprint density at radius 2 is 2.08 bits per heavy atom. The molecule has 1 rings (SSSR count). The molecule has 12 heavy (non-hydrogen) atoms. The standard InChI is InChI=1S/C9H19Si.BrH.Mg/c1-3-6-10-7-4-9(2)5-8-10;;/h9-10H,2-8H2,1H3;1H;/q;;+1/p-1. The van der Waals surface area contributed by atoms with Crippen LogP contribution in [0.5, 0.6) is 0 Å². The summed E-state index contributed by atoms with van der Waals surface area (Å²) in [5.41, 5.74) is 0. The van der Waals surface area contributed by atoms with E-state index in [9.17, 15) is 0 Å². The van der Waals surface area contributed by atoms with Gasteiger partial charge >= 0.3 is 18.2 Å². The Labute approximate surface area is 94.1 Å². The second-order valence-corrected chi connectivity index (χ2v) is 11.0. The first-order chi connectivity index (χ1) is 5.86. The van der Waals surface area contributed by atoms with Crippen molar-refractivity contribution in [3.05, 3.63) is 0 Å². The topological polar surface area (TPSA) is 0 Å². The van der Waals surface area contributed by atoms with Crippen LogP contribution in [0.3, 0.4) is 0 Å². The molecular weight excluding hydrogens is 240 g/mol. The summed E-state index contributed by atoms with van der Waals surface area (Å²) in [6.45, 7) is 2.35. The maximum Gasteiger partial charge on any atom is 0.468 e. The second-order valence-electron chi connectivity index (χ2n) is 4.15. The third-order valence-corrected chi connectivity index (χ3v) is 9.28. The average molecular weight is 260 g/mol. The fraction of sp³-hybridized carbons (Fsp3) is 1.00. The van der Waals surface area contributed by atoms with Crippen LogP contribution in [0.2, 0.25) is 22.7 Å². The number of hydrogen-bond donors (Lipinski definition) is 0. The molecule has 0 amide bonds. The van der Waals surface area contributed by atoms with Crippen molar-refractivity contribution in [3.63, 3.8) is 0 Å². The molecule has 0 aromatic carbocycles. The molecule has 0 aromatic rings. The van der Waals surface area contributed by atoms with Gasteiger partial charge in [-0.2, -0.15) is 0 Å². The molecule has 0 aromatic heterocycles. The van der Waals surface area contributed by atoms with Gasteiger partial charge in [-0.05, 0) is 0 Å². The van der Waals surface area contributed by atoms with Crippen molar-refractivity contribution in [2.45, 2.75) is 48.9 Å². The van der Waals surface area contributed by atoms with E-state index in [0.717, 1.165) is 5.92 Å². The molecule has 0 spiro atoms. The highest BCUT2D eigenvalue weighted by molar-refractivity contribution is 9.23. The lowest BCUT2D eigenvalue weighted by Gasteiger charge is -2.27. The van der Waals surface area contributed by atoms with Gasteiger partial charge in [-0.3, -0.25) is 0 Å². The maximum atomic E-state index is 3.68. The van der Waals surface area contributed by atoms with Crippen molar-refractivity contribution < 1.29 is 0 Å². The first-order valence-electron chi connectivity index (χ1n) is 5.42. The number of rotatable bonds is 4. The molecule has 0 N–H and O–H groups in total. The van der Waals surface area contributed by atoms with E-state index in [0.29, 0.717) is 0 Å². The van der Waals surface area contributed by atoms with E-state index in [1.54, 1.807) is 35.5 Å². The molecule has 0 radical (unpaired) electrons. The number of hydrogen-bond acceptors (Lipinski definition) is 0. The van der Waals surface area contributed by atoms with E-state index >= 15 is 0 Å². The minimum absolute atomic E-state index is 0.169. The predicted molar refractivity (Wildman–Crippen MR) is 64.1 cm³/mol. The van der Waals surface area contributed by atoms with Gasteiger partial charge < -0.3 is 12.9 Å². The molecule has 1 aliphatic rings. The van der Waals surface area contributed by atoms with Gasteiger partial charge in [0.1, 0.15) is 0 Å². The Hall–Kier alpha value is 1.46. The lowest BCUT2D eigenvalue weighted by atomic mass is 10.1. The molecule has 0 bridgehead atoms. The van der Waals surface area contributed by atoms with Crippen LogP contribution < -0.4 is 0 Å². The summed E-state index contributed by atoms with van der Waals surface area (Å²) in [4.78, 5) is 0. The van der Waals surface area contributed by atoms with E-state index in [2.05, 4.69) is 19.8 Å². The molecule has 0 nitrogen and oxygen atoms in total. The first kappa shape index (κ1) is 11.5. The molecule has 0 unspecified atom stereocenters. The van der Waals surface area contributed by atoms with Gasteiger partial charge in [0.2, 0.25) is 0 Å². The van der Waals surface area contributed by atoms with Gasteiger partial charge in [0, 0.05) is 8.80 Å². The first-order valence-corrected chi connectivity index (χ1v) is 12.8. The van der Waals surface area contributed by atoms with Crippen LogP contribution >= 0.6 is 12.9 Å². The summed E-state index contributed by atoms with van der Waals surface area (Å²) >= 11 is 3.85. The molecule has 1 saturated heterocycles. The van der Waals surface area contributed by atoms with Crippen LogP contribution in [0.1, 0.15) is 26.2 Å². The fourth-order valence-corrected chi connectivity index (χ4v) is 8.77. The van der Waals surface area contributed by atoms with Crippen molar-refractivity contribution in [2.24, 2.45) is 5.92 Å². The van der Waals surface area contributed by atoms with Gasteiger partial charge in [-0.15, -0.1) is 4.55 Å².